The molecular formula is C88H117N18O15PS. The number of para-hydroxylation sites is 1. The smallest absolute Gasteiger partial charge is 0.469 e. The van der Waals surface area contributed by atoms with Gasteiger partial charge in [0.15, 0.2) is 11.6 Å². The molecule has 1 saturated carbocycles. The van der Waals surface area contributed by atoms with E-state index in [0.717, 1.165) is 122 Å². The standard InChI is InChI=1S/C88H117N18O15PS/c1-57(2)80(85(111)105-54-68(121-122(114,115)116)48-73(105)84(110)93-59(4)62-22-24-63(25-23-62)81-60(5)92-56-123-81)75-50-77(98-120-75)118-45-43-101-40-41-102(58(3)51-101)44-46-117-76-47-65(32-36-90-76)106-66-28-29-67(106)53-103(52-66)72-49-71(96-97-82(72)89)69-17-10-11-19-74(69)119-55-61-20-26-64(27-21-61)94-83(109)70(18-12-15-37-99(6)7)95-87(113)88(33-16-34-88)86(112)91-35-13-9-14-38-100(8)39-42-104-78(107)30-31-79(104)108/h10-11,17,19-27,30-32,36,47,49-50,56-59,66-68,70,73,80H,9,12-16,18,28-29,33-35,37-46,48,51-55H2,1-8H3,(H2,89,97)(H,91,112)(H,93,110)(H,94,109)(H,95,113)(H2,114,115,116)/t58-,59+,66?,67?,68-,70+,73+,80-/m1/s1. The molecule has 2 unspecified atom stereocenters. The third-order valence-corrected chi connectivity index (χ3v) is 25.9. The Morgan fingerprint density at radius 1 is 0.772 bits per heavy atom. The number of rotatable bonds is 42. The number of likely N-dealkylation sites (tertiary alicyclic amines) is 1. The van der Waals surface area contributed by atoms with Crippen LogP contribution < -0.4 is 51.0 Å². The Balaban J connectivity index is 0.541. The van der Waals surface area contributed by atoms with Gasteiger partial charge in [0.1, 0.15) is 49.0 Å². The van der Waals surface area contributed by atoms with Gasteiger partial charge in [0.05, 0.1) is 39.6 Å². The van der Waals surface area contributed by atoms with Gasteiger partial charge in [-0.3, -0.25) is 52.8 Å². The molecule has 1 aliphatic carbocycles. The van der Waals surface area contributed by atoms with Gasteiger partial charge in [-0.2, -0.15) is 0 Å². The fraction of sp³-hybridized carbons (Fsp3) is 0.523. The third kappa shape index (κ3) is 23.2. The molecule has 6 aliphatic rings. The Morgan fingerprint density at radius 3 is 2.20 bits per heavy atom. The van der Waals surface area contributed by atoms with Gasteiger partial charge in [-0.15, -0.1) is 21.5 Å². The number of carbonyl (C=O) groups is 7. The summed E-state index contributed by atoms with van der Waals surface area (Å²) in [5, 5.41) is 25.3. The van der Waals surface area contributed by atoms with Crippen molar-refractivity contribution in [1.82, 2.24) is 70.7 Å². The molecule has 660 valence electrons. The van der Waals surface area contributed by atoms with Crippen molar-refractivity contribution in [1.29, 1.82) is 0 Å². The van der Waals surface area contributed by atoms with Crippen LogP contribution in [-0.4, -0.2) is 262 Å². The molecule has 35 heteroatoms. The van der Waals surface area contributed by atoms with Gasteiger partial charge in [-0.25, -0.2) is 14.5 Å². The number of pyridine rings is 1. The number of hydrogen-bond acceptors (Lipinski definition) is 26. The maximum Gasteiger partial charge on any atom is 0.469 e. The van der Waals surface area contributed by atoms with Crippen molar-refractivity contribution in [3.63, 3.8) is 0 Å². The number of phosphoric acid groups is 1. The normalized spacial score (nSPS) is 19.8. The van der Waals surface area contributed by atoms with Crippen molar-refractivity contribution in [2.24, 2.45) is 11.3 Å². The van der Waals surface area contributed by atoms with Crippen molar-refractivity contribution in [3.05, 3.63) is 144 Å². The number of unbranched alkanes of at least 4 members (excludes halogenated alkanes) is 3. The molecule has 7 aromatic rings. The summed E-state index contributed by atoms with van der Waals surface area (Å²) in [6.45, 7) is 18.5. The summed E-state index contributed by atoms with van der Waals surface area (Å²) < 4.78 is 41.9. The van der Waals surface area contributed by atoms with E-state index in [9.17, 15) is 47.9 Å². The van der Waals surface area contributed by atoms with E-state index in [0.29, 0.717) is 114 Å². The highest BCUT2D eigenvalue weighted by atomic mass is 32.1. The second-order valence-electron chi connectivity index (χ2n) is 33.8. The van der Waals surface area contributed by atoms with Crippen LogP contribution in [-0.2, 0) is 49.3 Å². The number of aromatic nitrogens is 5. The van der Waals surface area contributed by atoms with E-state index in [2.05, 4.69) is 89.0 Å². The molecule has 123 heavy (non-hydrogen) atoms. The van der Waals surface area contributed by atoms with Crippen LogP contribution in [0.2, 0.25) is 0 Å². The molecule has 0 spiro atoms. The first-order valence-corrected chi connectivity index (χ1v) is 45.3. The topological polar surface area (TPSA) is 392 Å². The van der Waals surface area contributed by atoms with Crippen LogP contribution in [0.25, 0.3) is 21.7 Å². The average Bonchev–Trinajstić information content (AvgIpc) is 1.36. The first-order chi connectivity index (χ1) is 59.1. The minimum atomic E-state index is -4.97. The second-order valence-corrected chi connectivity index (χ2v) is 35.9. The summed E-state index contributed by atoms with van der Waals surface area (Å²) in [5.74, 6) is -1.95. The van der Waals surface area contributed by atoms with Crippen molar-refractivity contribution in [2.75, 3.05) is 140 Å². The molecular weight excluding hydrogens is 1610 g/mol. The fourth-order valence-corrected chi connectivity index (χ4v) is 18.7. The number of ether oxygens (including phenoxy) is 3. The predicted octanol–water partition coefficient (Wildman–Crippen LogP) is 8.61. The molecule has 5 fully saturated rings. The van der Waals surface area contributed by atoms with E-state index in [1.807, 2.05) is 140 Å². The highest BCUT2D eigenvalue weighted by Gasteiger charge is 2.52. The SMILES string of the molecule is Cc1ncsc1-c1ccc([C@H](C)NC(=O)[C@@H]2C[C@@H](OP(=O)(O)O)CN2C(=O)[C@@H](c2cc(OCCN3CCN(CCOc4cc(N5C6CCC5CN(c5cc(-c7ccccc7OCc7ccc(NC(=O)[C@H](CCCCN(C)C)NC(=O)C8(C(=O)NCCCCCN(C)CCN9C(=O)C=CC9=O)CCC8)cc7)nnc5N)C6)ccn4)[C@H](C)C3)no2)C(C)C)cc1. The lowest BCUT2D eigenvalue weighted by molar-refractivity contribution is -0.151. The number of amides is 7. The van der Waals surface area contributed by atoms with Gasteiger partial charge in [0, 0.05) is 144 Å². The van der Waals surface area contributed by atoms with E-state index < -0.39 is 61.1 Å². The minimum absolute atomic E-state index is 0.129. The summed E-state index contributed by atoms with van der Waals surface area (Å²) in [5.41, 5.74) is 14.6. The minimum Gasteiger partial charge on any atom is -0.488 e. The quantitative estimate of drug-likeness (QED) is 0.00814. The van der Waals surface area contributed by atoms with Crippen molar-refractivity contribution in [3.8, 4) is 39.2 Å². The molecule has 8 N–H and O–H groups in total. The molecule has 7 amide bonds. The second kappa shape index (κ2) is 41.5. The first kappa shape index (κ1) is 90.4. The number of hydrogen-bond donors (Lipinski definition) is 7. The molecule has 0 radical (unpaired) electrons. The third-order valence-electron chi connectivity index (χ3n) is 24.4. The fourth-order valence-electron chi connectivity index (χ4n) is 17.3. The van der Waals surface area contributed by atoms with Crippen LogP contribution in [0.15, 0.2) is 125 Å². The number of nitrogens with zero attached hydrogens (tertiary/aromatic N) is 13. The number of anilines is 4. The van der Waals surface area contributed by atoms with Gasteiger partial charge in [-0.1, -0.05) is 75.2 Å². The Bertz CT molecular complexity index is 4860. The number of aryl methyl sites for hydroxylation is 1. The van der Waals surface area contributed by atoms with E-state index in [1.165, 1.54) is 22.0 Å². The number of nitrogens with one attached hydrogen (secondary N) is 4. The zero-order valence-electron chi connectivity index (χ0n) is 71.5. The van der Waals surface area contributed by atoms with Crippen LogP contribution in [0.3, 0.4) is 0 Å². The number of fused-ring (bicyclic) bond motifs is 2. The van der Waals surface area contributed by atoms with Crippen LogP contribution in [0.1, 0.15) is 139 Å². The molecule has 3 aromatic carbocycles. The van der Waals surface area contributed by atoms with E-state index in [-0.39, 0.29) is 78.9 Å². The number of thiazole rings is 1. The lowest BCUT2D eigenvalue weighted by Crippen LogP contribution is -2.58. The van der Waals surface area contributed by atoms with E-state index >= 15 is 0 Å². The maximum absolute atomic E-state index is 14.6. The van der Waals surface area contributed by atoms with Crippen LogP contribution >= 0.6 is 19.2 Å². The molecule has 4 aromatic heterocycles. The van der Waals surface area contributed by atoms with E-state index in [4.69, 9.17) is 29.0 Å². The lowest BCUT2D eigenvalue weighted by Gasteiger charge is -2.43. The summed E-state index contributed by atoms with van der Waals surface area (Å²) in [6, 6.07) is 28.7. The lowest BCUT2D eigenvalue weighted by atomic mass is 9.67. The van der Waals surface area contributed by atoms with Gasteiger partial charge in [0.25, 0.3) is 17.7 Å². The molecule has 13 rings (SSSR count). The van der Waals surface area contributed by atoms with Gasteiger partial charge in [0.2, 0.25) is 35.4 Å². The van der Waals surface area contributed by atoms with Gasteiger partial charge in [-0.05, 0) is 177 Å². The largest absolute Gasteiger partial charge is 0.488 e. The Kier molecular flexibility index (Phi) is 30.5. The average molecular weight is 1730 g/mol. The number of benzene rings is 3. The number of likely N-dealkylation sites (N-methyl/N-ethyl adjacent to an activating group) is 1. The monoisotopic (exact) mass is 1730 g/mol. The maximum atomic E-state index is 14.6. The number of piperazine rings is 2. The zero-order chi connectivity index (χ0) is 87.1. The predicted molar refractivity (Wildman–Crippen MR) is 466 cm³/mol. The number of nitrogen functional groups attached to an aromatic ring is 1. The number of phosphoric ester groups is 1. The van der Waals surface area contributed by atoms with Crippen molar-refractivity contribution < 1.29 is 71.2 Å². The van der Waals surface area contributed by atoms with Crippen LogP contribution in [0, 0.1) is 18.3 Å². The zero-order valence-corrected chi connectivity index (χ0v) is 73.2. The summed E-state index contributed by atoms with van der Waals surface area (Å²) in [4.78, 5) is 140. The molecule has 5 aliphatic heterocycles. The number of nitrogens with two attached hydrogens (primary N) is 1. The molecule has 33 nitrogen and oxygen atoms in total. The highest BCUT2D eigenvalue weighted by Crippen LogP contribution is 2.45. The molecule has 4 saturated heterocycles. The summed E-state index contributed by atoms with van der Waals surface area (Å²) in [6.07, 6.45) is 11.0. The van der Waals surface area contributed by atoms with Crippen molar-refractivity contribution in [2.45, 2.75) is 167 Å². The molecule has 2 bridgehead atoms. The highest BCUT2D eigenvalue weighted by molar-refractivity contribution is 7.46. The van der Waals surface area contributed by atoms with Crippen LogP contribution in [0.4, 0.5) is 22.9 Å². The summed E-state index contributed by atoms with van der Waals surface area (Å²) >= 11 is 1.54. The Morgan fingerprint density at radius 2 is 1.50 bits per heavy atom. The Hall–Kier alpha value is -10.3. The molecule has 8 atom stereocenters. The van der Waals surface area contributed by atoms with Crippen molar-refractivity contribution >= 4 is 83.4 Å². The van der Waals surface area contributed by atoms with Gasteiger partial charge < -0.3 is 80.0 Å². The van der Waals surface area contributed by atoms with Crippen LogP contribution in [0.5, 0.6) is 17.5 Å². The number of imide groups is 1. The first-order valence-electron chi connectivity index (χ1n) is 42.9. The molecule has 9 heterocycles. The number of carbonyl (C=O) groups excluding carboxylic acids is 7. The van der Waals surface area contributed by atoms with Gasteiger partial charge >= 0.3 is 7.82 Å². The summed E-state index contributed by atoms with van der Waals surface area (Å²) in [7, 11) is 0.964. The Labute approximate surface area is 722 Å². The van der Waals surface area contributed by atoms with E-state index in [1.54, 1.807) is 22.9 Å².